The fraction of sp³-hybridized carbons (Fsp3) is 0.571. The number of rotatable bonds is 3. The topological polar surface area (TPSA) is 9.23 Å². The molecule has 0 N–H and O–H groups in total. The van der Waals surface area contributed by atoms with Gasteiger partial charge < -0.3 is 4.74 Å². The highest BCUT2D eigenvalue weighted by atomic mass is 16.5. The Morgan fingerprint density at radius 2 is 1.40 bits per heavy atom. The van der Waals surface area contributed by atoms with Crippen LogP contribution in [-0.2, 0) is 0 Å². The molecule has 0 amide bonds. The third-order valence-electron chi connectivity index (χ3n) is 2.84. The Labute approximate surface area is 93.5 Å². The van der Waals surface area contributed by atoms with Crippen LogP contribution < -0.4 is 4.74 Å². The molecule has 0 heterocycles. The number of methoxy groups -OCH3 is 1. The third kappa shape index (κ3) is 2.53. The quantitative estimate of drug-likeness (QED) is 0.718. The first kappa shape index (κ1) is 12.1. The standard InChI is InChI=1S/C14H22O/c1-9(2)12-7-11(5)14(15-6)8-13(12)10(3)4/h7-10H,1-6H3. The van der Waals surface area contributed by atoms with Crippen molar-refractivity contribution >= 4 is 0 Å². The second-order valence-electron chi connectivity index (χ2n) is 4.76. The van der Waals surface area contributed by atoms with Crippen LogP contribution in [-0.4, -0.2) is 7.11 Å². The number of hydrogen-bond donors (Lipinski definition) is 0. The lowest BCUT2D eigenvalue weighted by Crippen LogP contribution is -2.01. The van der Waals surface area contributed by atoms with Crippen molar-refractivity contribution in [3.8, 4) is 5.75 Å². The van der Waals surface area contributed by atoms with Crippen LogP contribution in [0.2, 0.25) is 0 Å². The van der Waals surface area contributed by atoms with Crippen molar-refractivity contribution in [1.29, 1.82) is 0 Å². The first-order valence-electron chi connectivity index (χ1n) is 5.65. The smallest absolute Gasteiger partial charge is 0.122 e. The Morgan fingerprint density at radius 3 is 1.80 bits per heavy atom. The normalized spacial score (nSPS) is 11.2. The van der Waals surface area contributed by atoms with Crippen LogP contribution in [0.4, 0.5) is 0 Å². The molecule has 0 bridgehead atoms. The van der Waals surface area contributed by atoms with Crippen LogP contribution in [0.15, 0.2) is 12.1 Å². The zero-order chi connectivity index (χ0) is 11.6. The van der Waals surface area contributed by atoms with E-state index in [0.717, 1.165) is 5.75 Å². The molecule has 0 unspecified atom stereocenters. The number of aryl methyl sites for hydroxylation is 1. The second kappa shape index (κ2) is 4.69. The maximum absolute atomic E-state index is 5.37. The van der Waals surface area contributed by atoms with Gasteiger partial charge in [0.15, 0.2) is 0 Å². The van der Waals surface area contributed by atoms with E-state index < -0.39 is 0 Å². The predicted octanol–water partition coefficient (Wildman–Crippen LogP) is 4.25. The van der Waals surface area contributed by atoms with Gasteiger partial charge in [-0.1, -0.05) is 33.8 Å². The number of benzene rings is 1. The molecule has 0 aliphatic carbocycles. The van der Waals surface area contributed by atoms with Gasteiger partial charge in [-0.05, 0) is 41.5 Å². The molecular formula is C14H22O. The molecule has 0 aromatic heterocycles. The van der Waals surface area contributed by atoms with Gasteiger partial charge in [0.1, 0.15) is 5.75 Å². The van der Waals surface area contributed by atoms with Crippen molar-refractivity contribution in [3.05, 3.63) is 28.8 Å². The summed E-state index contributed by atoms with van der Waals surface area (Å²) in [5.41, 5.74) is 4.08. The average Bonchev–Trinajstić information content (AvgIpc) is 2.16. The Balaban J connectivity index is 3.32. The molecule has 0 saturated heterocycles. The van der Waals surface area contributed by atoms with E-state index in [-0.39, 0.29) is 0 Å². The summed E-state index contributed by atoms with van der Waals surface area (Å²) in [6, 6.07) is 4.45. The summed E-state index contributed by atoms with van der Waals surface area (Å²) in [5.74, 6) is 2.13. The fourth-order valence-electron chi connectivity index (χ4n) is 1.95. The highest BCUT2D eigenvalue weighted by Crippen LogP contribution is 2.32. The minimum Gasteiger partial charge on any atom is -0.496 e. The summed E-state index contributed by atoms with van der Waals surface area (Å²) in [5, 5.41) is 0. The molecule has 0 aliphatic rings. The van der Waals surface area contributed by atoms with Crippen molar-refractivity contribution < 1.29 is 4.74 Å². The van der Waals surface area contributed by atoms with E-state index in [4.69, 9.17) is 4.74 Å². The summed E-state index contributed by atoms with van der Waals surface area (Å²) in [7, 11) is 1.74. The van der Waals surface area contributed by atoms with Gasteiger partial charge in [-0.3, -0.25) is 0 Å². The van der Waals surface area contributed by atoms with E-state index in [2.05, 4.69) is 46.8 Å². The second-order valence-corrected chi connectivity index (χ2v) is 4.76. The van der Waals surface area contributed by atoms with Crippen molar-refractivity contribution in [2.24, 2.45) is 0 Å². The Morgan fingerprint density at radius 1 is 0.933 bits per heavy atom. The van der Waals surface area contributed by atoms with Crippen molar-refractivity contribution in [1.82, 2.24) is 0 Å². The van der Waals surface area contributed by atoms with E-state index in [1.807, 2.05) is 0 Å². The zero-order valence-electron chi connectivity index (χ0n) is 10.7. The van der Waals surface area contributed by atoms with Crippen molar-refractivity contribution in [2.45, 2.75) is 46.5 Å². The molecule has 0 saturated carbocycles. The van der Waals surface area contributed by atoms with Crippen LogP contribution in [0.5, 0.6) is 5.75 Å². The summed E-state index contributed by atoms with van der Waals surface area (Å²) < 4.78 is 5.37. The molecule has 0 aliphatic heterocycles. The van der Waals surface area contributed by atoms with Crippen LogP contribution in [0.25, 0.3) is 0 Å². The number of ether oxygens (including phenoxy) is 1. The molecule has 1 rings (SSSR count). The van der Waals surface area contributed by atoms with Gasteiger partial charge in [0.2, 0.25) is 0 Å². The lowest BCUT2D eigenvalue weighted by molar-refractivity contribution is 0.410. The minimum atomic E-state index is 0.553. The summed E-state index contributed by atoms with van der Waals surface area (Å²) in [4.78, 5) is 0. The Bertz CT molecular complexity index is 337. The summed E-state index contributed by atoms with van der Waals surface area (Å²) in [6.07, 6.45) is 0. The molecule has 0 fully saturated rings. The van der Waals surface area contributed by atoms with Crippen LogP contribution in [0.1, 0.15) is 56.2 Å². The lowest BCUT2D eigenvalue weighted by Gasteiger charge is -2.18. The van der Waals surface area contributed by atoms with Gasteiger partial charge >= 0.3 is 0 Å². The van der Waals surface area contributed by atoms with Gasteiger partial charge in [-0.2, -0.15) is 0 Å². The molecule has 0 atom stereocenters. The van der Waals surface area contributed by atoms with Gasteiger partial charge in [-0.15, -0.1) is 0 Å². The van der Waals surface area contributed by atoms with Gasteiger partial charge in [0.25, 0.3) is 0 Å². The van der Waals surface area contributed by atoms with E-state index >= 15 is 0 Å². The molecule has 1 nitrogen and oxygen atoms in total. The SMILES string of the molecule is COc1cc(C(C)C)c(C(C)C)cc1C. The van der Waals surface area contributed by atoms with Gasteiger partial charge in [0, 0.05) is 0 Å². The van der Waals surface area contributed by atoms with Crippen LogP contribution in [0, 0.1) is 6.92 Å². The average molecular weight is 206 g/mol. The lowest BCUT2D eigenvalue weighted by atomic mass is 9.89. The van der Waals surface area contributed by atoms with Crippen molar-refractivity contribution in [2.75, 3.05) is 7.11 Å². The molecule has 1 heteroatoms. The highest BCUT2D eigenvalue weighted by Gasteiger charge is 2.13. The van der Waals surface area contributed by atoms with E-state index in [1.54, 1.807) is 7.11 Å². The predicted molar refractivity (Wildman–Crippen MR) is 65.9 cm³/mol. The van der Waals surface area contributed by atoms with Crippen LogP contribution in [0.3, 0.4) is 0 Å². The largest absolute Gasteiger partial charge is 0.496 e. The summed E-state index contributed by atoms with van der Waals surface area (Å²) in [6.45, 7) is 11.1. The first-order chi connectivity index (χ1) is 6.97. The summed E-state index contributed by atoms with van der Waals surface area (Å²) >= 11 is 0. The molecule has 15 heavy (non-hydrogen) atoms. The van der Waals surface area contributed by atoms with Gasteiger partial charge in [-0.25, -0.2) is 0 Å². The zero-order valence-corrected chi connectivity index (χ0v) is 10.7. The van der Waals surface area contributed by atoms with Crippen molar-refractivity contribution in [3.63, 3.8) is 0 Å². The van der Waals surface area contributed by atoms with E-state index in [1.165, 1.54) is 16.7 Å². The fourth-order valence-corrected chi connectivity index (χ4v) is 1.95. The molecule has 0 spiro atoms. The minimum absolute atomic E-state index is 0.553. The van der Waals surface area contributed by atoms with Crippen LogP contribution >= 0.6 is 0 Å². The Hall–Kier alpha value is -0.980. The number of hydrogen-bond acceptors (Lipinski definition) is 1. The van der Waals surface area contributed by atoms with Gasteiger partial charge in [0.05, 0.1) is 7.11 Å². The molecular weight excluding hydrogens is 184 g/mol. The molecule has 1 aromatic rings. The third-order valence-corrected chi connectivity index (χ3v) is 2.84. The molecule has 1 aromatic carbocycles. The molecule has 0 radical (unpaired) electrons. The molecule has 84 valence electrons. The van der Waals surface area contributed by atoms with E-state index in [0.29, 0.717) is 11.8 Å². The highest BCUT2D eigenvalue weighted by molar-refractivity contribution is 5.44. The maximum atomic E-state index is 5.37. The maximum Gasteiger partial charge on any atom is 0.122 e. The van der Waals surface area contributed by atoms with E-state index in [9.17, 15) is 0 Å². The first-order valence-corrected chi connectivity index (χ1v) is 5.65. The Kier molecular flexibility index (Phi) is 3.78. The monoisotopic (exact) mass is 206 g/mol.